The Morgan fingerprint density at radius 3 is 2.24 bits per heavy atom. The summed E-state index contributed by atoms with van der Waals surface area (Å²) in [5.74, 6) is -0.739. The van der Waals surface area contributed by atoms with Crippen molar-refractivity contribution in [2.24, 2.45) is 0 Å². The minimum atomic E-state index is -4.72. The van der Waals surface area contributed by atoms with Gasteiger partial charge < -0.3 is 20.5 Å². The summed E-state index contributed by atoms with van der Waals surface area (Å²) in [6.07, 6.45) is -3.00. The number of sulfonamides is 1. The van der Waals surface area contributed by atoms with Crippen LogP contribution in [-0.2, 0) is 22.7 Å². The number of carboxylic acids is 1. The molecule has 14 heteroatoms. The molecule has 4 rings (SSSR count). The van der Waals surface area contributed by atoms with Gasteiger partial charge in [0.15, 0.2) is 0 Å². The molecule has 3 N–H and O–H groups in total. The van der Waals surface area contributed by atoms with Crippen LogP contribution in [-0.4, -0.2) is 42.8 Å². The summed E-state index contributed by atoms with van der Waals surface area (Å²) in [6, 6.07) is 18.6. The Kier molecular flexibility index (Phi) is 8.33. The van der Waals surface area contributed by atoms with Gasteiger partial charge in [-0.05, 0) is 66.2 Å². The van der Waals surface area contributed by atoms with E-state index in [9.17, 15) is 26.4 Å². The van der Waals surface area contributed by atoms with Crippen LogP contribution in [0.3, 0.4) is 0 Å². The lowest BCUT2D eigenvalue weighted by Crippen LogP contribution is -2.24. The van der Waals surface area contributed by atoms with E-state index in [0.717, 1.165) is 10.6 Å². The molecular formula is C27H24F3N5O5S. The van der Waals surface area contributed by atoms with Gasteiger partial charge in [-0.15, -0.1) is 0 Å². The summed E-state index contributed by atoms with van der Waals surface area (Å²) < 4.78 is 71.4. The lowest BCUT2D eigenvalue weighted by atomic mass is 10.2. The molecule has 0 aliphatic rings. The molecule has 0 saturated heterocycles. The first kappa shape index (κ1) is 29.1. The van der Waals surface area contributed by atoms with Gasteiger partial charge >= 0.3 is 12.1 Å². The van der Waals surface area contributed by atoms with Crippen LogP contribution < -0.4 is 19.7 Å². The van der Waals surface area contributed by atoms with Gasteiger partial charge in [-0.25, -0.2) is 18.2 Å². The fraction of sp³-hybridized carbons (Fsp3) is 0.148. The largest absolute Gasteiger partial charge is 0.478 e. The van der Waals surface area contributed by atoms with Crippen LogP contribution in [0, 0.1) is 0 Å². The van der Waals surface area contributed by atoms with Crippen LogP contribution in [0.4, 0.5) is 36.3 Å². The normalized spacial score (nSPS) is 11.5. The molecule has 0 amide bonds. The van der Waals surface area contributed by atoms with Crippen LogP contribution in [0.2, 0.25) is 0 Å². The van der Waals surface area contributed by atoms with Gasteiger partial charge in [0.25, 0.3) is 0 Å². The number of hydrogen-bond acceptors (Lipinski definition) is 8. The summed E-state index contributed by atoms with van der Waals surface area (Å²) in [5, 5.41) is 14.5. The Hall–Kier alpha value is -4.85. The van der Waals surface area contributed by atoms with E-state index in [-0.39, 0.29) is 18.1 Å². The zero-order valence-electron chi connectivity index (χ0n) is 21.7. The van der Waals surface area contributed by atoms with Crippen molar-refractivity contribution in [3.8, 4) is 11.5 Å². The average Bonchev–Trinajstić information content (AvgIpc) is 2.92. The number of nitrogens with zero attached hydrogens (tertiary/aromatic N) is 3. The second kappa shape index (κ2) is 11.7. The minimum Gasteiger partial charge on any atom is -0.478 e. The van der Waals surface area contributed by atoms with Crippen molar-refractivity contribution >= 4 is 39.1 Å². The van der Waals surface area contributed by atoms with Gasteiger partial charge in [0, 0.05) is 25.5 Å². The number of rotatable bonds is 10. The van der Waals surface area contributed by atoms with Gasteiger partial charge in [-0.3, -0.25) is 4.31 Å². The highest BCUT2D eigenvalue weighted by molar-refractivity contribution is 7.92. The second-order valence-corrected chi connectivity index (χ2v) is 10.8. The SMILES string of the molecule is CN(c1cccc(CNc2nc(Nc3ccc(Oc4ccc(C(=O)O)cc4)cc3)ncc2C(F)(F)F)c1)S(C)(=O)=O. The van der Waals surface area contributed by atoms with E-state index in [4.69, 9.17) is 9.84 Å². The molecule has 0 fully saturated rings. The highest BCUT2D eigenvalue weighted by Crippen LogP contribution is 2.34. The summed E-state index contributed by atoms with van der Waals surface area (Å²) >= 11 is 0. The molecule has 214 valence electrons. The maximum Gasteiger partial charge on any atom is 0.421 e. The second-order valence-electron chi connectivity index (χ2n) is 8.79. The topological polar surface area (TPSA) is 134 Å². The molecule has 0 aliphatic carbocycles. The van der Waals surface area contributed by atoms with Crippen LogP contribution in [0.25, 0.3) is 0 Å². The lowest BCUT2D eigenvalue weighted by molar-refractivity contribution is -0.137. The number of halogens is 3. The lowest BCUT2D eigenvalue weighted by Gasteiger charge is -2.18. The minimum absolute atomic E-state index is 0.0650. The van der Waals surface area contributed by atoms with Gasteiger partial charge in [0.2, 0.25) is 16.0 Å². The zero-order chi connectivity index (χ0) is 29.8. The molecule has 0 spiro atoms. The Balaban J connectivity index is 1.48. The summed E-state index contributed by atoms with van der Waals surface area (Å²) in [4.78, 5) is 18.8. The van der Waals surface area contributed by atoms with E-state index in [1.807, 2.05) is 0 Å². The summed E-state index contributed by atoms with van der Waals surface area (Å²) in [7, 11) is -2.14. The smallest absolute Gasteiger partial charge is 0.421 e. The number of aromatic nitrogens is 2. The average molecular weight is 588 g/mol. The Morgan fingerprint density at radius 2 is 1.66 bits per heavy atom. The van der Waals surface area contributed by atoms with Crippen molar-refractivity contribution in [1.29, 1.82) is 0 Å². The molecule has 10 nitrogen and oxygen atoms in total. The number of hydrogen-bond donors (Lipinski definition) is 3. The molecule has 0 atom stereocenters. The van der Waals surface area contributed by atoms with Crippen molar-refractivity contribution in [3.63, 3.8) is 0 Å². The predicted octanol–water partition coefficient (Wildman–Crippen LogP) is 5.74. The van der Waals surface area contributed by atoms with Gasteiger partial charge in [-0.1, -0.05) is 12.1 Å². The van der Waals surface area contributed by atoms with Gasteiger partial charge in [-0.2, -0.15) is 18.2 Å². The molecule has 4 aromatic rings. The standard InChI is InChI=1S/C27H24F3N5O5S/c1-35(41(2,38)39)20-5-3-4-17(14-20)15-31-24-23(27(28,29)30)16-32-26(34-24)33-19-8-12-22(13-9-19)40-21-10-6-18(7-11-21)25(36)37/h3-14,16H,15H2,1-2H3,(H,36,37)(H2,31,32,33,34). The Morgan fingerprint density at radius 1 is 1.02 bits per heavy atom. The van der Waals surface area contributed by atoms with Crippen molar-refractivity contribution in [2.45, 2.75) is 12.7 Å². The fourth-order valence-electron chi connectivity index (χ4n) is 3.56. The Bertz CT molecular complexity index is 1650. The van der Waals surface area contributed by atoms with Crippen molar-refractivity contribution in [2.75, 3.05) is 28.2 Å². The van der Waals surface area contributed by atoms with E-state index in [0.29, 0.717) is 34.6 Å². The third kappa shape index (κ3) is 7.63. The number of benzene rings is 3. The molecule has 0 bridgehead atoms. The highest BCUT2D eigenvalue weighted by atomic mass is 32.2. The van der Waals surface area contributed by atoms with Crippen molar-refractivity contribution in [1.82, 2.24) is 9.97 Å². The number of carboxylic acid groups (broad SMARTS) is 1. The van der Waals surface area contributed by atoms with E-state index >= 15 is 0 Å². The van der Waals surface area contributed by atoms with Crippen LogP contribution in [0.5, 0.6) is 11.5 Å². The van der Waals surface area contributed by atoms with Crippen molar-refractivity contribution in [3.05, 3.63) is 95.7 Å². The first-order valence-electron chi connectivity index (χ1n) is 11.9. The number of nitrogens with one attached hydrogen (secondary N) is 2. The summed E-state index contributed by atoms with van der Waals surface area (Å²) in [5.41, 5.74) is 0.423. The van der Waals surface area contributed by atoms with Gasteiger partial charge in [0.05, 0.1) is 17.5 Å². The molecule has 0 radical (unpaired) electrons. The third-order valence-electron chi connectivity index (χ3n) is 5.77. The van der Waals surface area contributed by atoms with E-state index < -0.39 is 33.6 Å². The van der Waals surface area contributed by atoms with E-state index in [1.54, 1.807) is 48.5 Å². The van der Waals surface area contributed by atoms with Crippen LogP contribution >= 0.6 is 0 Å². The van der Waals surface area contributed by atoms with Crippen LogP contribution in [0.15, 0.2) is 79.0 Å². The monoisotopic (exact) mass is 587 g/mol. The van der Waals surface area contributed by atoms with E-state index in [1.165, 1.54) is 31.3 Å². The van der Waals surface area contributed by atoms with Crippen molar-refractivity contribution < 1.29 is 36.2 Å². The quantitative estimate of drug-likeness (QED) is 0.212. The summed E-state index contributed by atoms with van der Waals surface area (Å²) in [6.45, 7) is -0.0650. The number of anilines is 4. The molecular weight excluding hydrogens is 563 g/mol. The molecule has 0 saturated carbocycles. The molecule has 1 aromatic heterocycles. The number of ether oxygens (including phenoxy) is 1. The maximum atomic E-state index is 13.7. The maximum absolute atomic E-state index is 13.7. The first-order valence-corrected chi connectivity index (χ1v) is 13.7. The highest BCUT2D eigenvalue weighted by Gasteiger charge is 2.35. The first-order chi connectivity index (χ1) is 19.3. The number of alkyl halides is 3. The number of aromatic carboxylic acids is 1. The molecule has 1 heterocycles. The number of carbonyl (C=O) groups is 1. The molecule has 3 aromatic carbocycles. The molecule has 41 heavy (non-hydrogen) atoms. The van der Waals surface area contributed by atoms with Gasteiger partial charge in [0.1, 0.15) is 22.9 Å². The third-order valence-corrected chi connectivity index (χ3v) is 6.98. The Labute approximate surface area is 233 Å². The predicted molar refractivity (Wildman–Crippen MR) is 147 cm³/mol. The fourth-order valence-corrected chi connectivity index (χ4v) is 4.06. The molecule has 0 aliphatic heterocycles. The zero-order valence-corrected chi connectivity index (χ0v) is 22.5. The van der Waals surface area contributed by atoms with E-state index in [2.05, 4.69) is 20.6 Å². The molecule has 0 unspecified atom stereocenters. The van der Waals surface area contributed by atoms with Crippen LogP contribution in [0.1, 0.15) is 21.5 Å².